The minimum absolute atomic E-state index is 0.00190. The topological polar surface area (TPSA) is 20.2 Å². The Balaban J connectivity index is 3.06. The van der Waals surface area contributed by atoms with E-state index in [1.165, 1.54) is 0 Å². The zero-order valence-electron chi connectivity index (χ0n) is 6.05. The van der Waals surface area contributed by atoms with E-state index < -0.39 is 0 Å². The Morgan fingerprint density at radius 3 is 2.82 bits per heavy atom. The summed E-state index contributed by atoms with van der Waals surface area (Å²) in [6, 6.07) is 5.34. The quantitative estimate of drug-likeness (QED) is 0.672. The van der Waals surface area contributed by atoms with Gasteiger partial charge in [0.15, 0.2) is 0 Å². The molecule has 0 unspecified atom stereocenters. The third-order valence-corrected chi connectivity index (χ3v) is 1.73. The molecule has 0 atom stereocenters. The van der Waals surface area contributed by atoms with Crippen molar-refractivity contribution >= 4 is 11.6 Å². The fourth-order valence-corrected chi connectivity index (χ4v) is 1.11. The molecule has 0 aliphatic carbocycles. The van der Waals surface area contributed by atoms with Crippen LogP contribution in [0.1, 0.15) is 11.1 Å². The highest BCUT2D eigenvalue weighted by Gasteiger charge is 2.05. The van der Waals surface area contributed by atoms with Gasteiger partial charge in [0.2, 0.25) is 0 Å². The molecule has 11 heavy (non-hydrogen) atoms. The van der Waals surface area contributed by atoms with Crippen LogP contribution in [-0.2, 0) is 6.61 Å². The van der Waals surface area contributed by atoms with E-state index in [0.717, 1.165) is 11.1 Å². The van der Waals surface area contributed by atoms with Gasteiger partial charge in [-0.2, -0.15) is 0 Å². The molecule has 0 aliphatic rings. The molecule has 2 heteroatoms. The zero-order valence-corrected chi connectivity index (χ0v) is 6.80. The lowest BCUT2D eigenvalue weighted by Gasteiger charge is -1.98. The van der Waals surface area contributed by atoms with Crippen LogP contribution in [0, 0.1) is 13.3 Å². The van der Waals surface area contributed by atoms with E-state index in [-0.39, 0.29) is 6.61 Å². The normalized spacial score (nSPS) is 9.73. The van der Waals surface area contributed by atoms with Crippen molar-refractivity contribution < 1.29 is 5.11 Å². The molecule has 0 radical (unpaired) electrons. The van der Waals surface area contributed by atoms with Gasteiger partial charge in [0.05, 0.1) is 10.6 Å². The van der Waals surface area contributed by atoms with E-state index >= 15 is 0 Å². The molecule has 0 spiro atoms. The Hall–Kier alpha value is -0.660. The van der Waals surface area contributed by atoms with E-state index in [1.54, 1.807) is 18.6 Å². The number of halogens is 1. The van der Waals surface area contributed by atoms with Crippen molar-refractivity contribution in [1.82, 2.24) is 0 Å². The number of benzene rings is 1. The summed E-state index contributed by atoms with van der Waals surface area (Å²) in [6.07, 6.45) is 1.70. The lowest BCUT2D eigenvalue weighted by atomic mass is 10.1. The number of aliphatic hydroxyl groups excluding tert-OH is 1. The first-order chi connectivity index (χ1) is 5.27. The second-order valence-electron chi connectivity index (χ2n) is 2.21. The van der Waals surface area contributed by atoms with Crippen LogP contribution in [-0.4, -0.2) is 5.11 Å². The highest BCUT2D eigenvalue weighted by molar-refractivity contribution is 6.30. The van der Waals surface area contributed by atoms with Crippen LogP contribution in [0.3, 0.4) is 0 Å². The molecule has 1 aromatic carbocycles. The summed E-state index contributed by atoms with van der Waals surface area (Å²) in [5.41, 5.74) is 1.74. The van der Waals surface area contributed by atoms with Crippen molar-refractivity contribution in [2.75, 3.05) is 0 Å². The van der Waals surface area contributed by atoms with Crippen LogP contribution >= 0.6 is 11.6 Å². The molecule has 0 fully saturated rings. The van der Waals surface area contributed by atoms with Crippen LogP contribution in [0.25, 0.3) is 0 Å². The zero-order chi connectivity index (χ0) is 8.27. The van der Waals surface area contributed by atoms with Crippen molar-refractivity contribution in [3.8, 4) is 0 Å². The Morgan fingerprint density at radius 2 is 2.27 bits per heavy atom. The molecule has 0 heterocycles. The van der Waals surface area contributed by atoms with Gasteiger partial charge < -0.3 is 5.11 Å². The molecule has 1 aromatic rings. The summed E-state index contributed by atoms with van der Waals surface area (Å²) in [5, 5.41) is 9.51. The van der Waals surface area contributed by atoms with Crippen LogP contribution < -0.4 is 0 Å². The number of rotatable bonds is 2. The van der Waals surface area contributed by atoms with Crippen LogP contribution in [0.2, 0.25) is 5.02 Å². The number of hydrogen-bond acceptors (Lipinski definition) is 1. The first-order valence-electron chi connectivity index (χ1n) is 3.29. The summed E-state index contributed by atoms with van der Waals surface area (Å²) < 4.78 is 0. The van der Waals surface area contributed by atoms with E-state index in [2.05, 4.69) is 6.92 Å². The molecule has 58 valence electrons. The lowest BCUT2D eigenvalue weighted by molar-refractivity contribution is 0.281. The van der Waals surface area contributed by atoms with E-state index in [4.69, 9.17) is 16.7 Å². The summed E-state index contributed by atoms with van der Waals surface area (Å²) in [5.74, 6) is 0. The SMILES string of the molecule is [CH2-][CH+]c1ccc(Cl)cc1CO. The first-order valence-corrected chi connectivity index (χ1v) is 3.67. The number of hydrogen-bond donors (Lipinski definition) is 1. The van der Waals surface area contributed by atoms with Gasteiger partial charge in [-0.15, -0.1) is 6.42 Å². The standard InChI is InChI=1S/C9H9ClO/c1-2-7-3-4-9(10)5-8(7)6-11/h2-5,11H,1,6H2. The van der Waals surface area contributed by atoms with E-state index in [0.29, 0.717) is 5.02 Å². The van der Waals surface area contributed by atoms with E-state index in [1.807, 2.05) is 6.07 Å². The second kappa shape index (κ2) is 3.65. The van der Waals surface area contributed by atoms with Gasteiger partial charge in [-0.1, -0.05) is 11.6 Å². The van der Waals surface area contributed by atoms with Crippen molar-refractivity contribution in [2.45, 2.75) is 6.61 Å². The molecule has 0 saturated heterocycles. The third kappa shape index (κ3) is 1.88. The predicted octanol–water partition coefficient (Wildman–Crippen LogP) is 2.22. The average molecular weight is 169 g/mol. The van der Waals surface area contributed by atoms with Crippen molar-refractivity contribution in [3.05, 3.63) is 47.7 Å². The Kier molecular flexibility index (Phi) is 2.80. The summed E-state index contributed by atoms with van der Waals surface area (Å²) in [6.45, 7) is 3.62. The Morgan fingerprint density at radius 1 is 1.55 bits per heavy atom. The maximum Gasteiger partial charge on any atom is 0.114 e. The van der Waals surface area contributed by atoms with Crippen molar-refractivity contribution in [3.63, 3.8) is 0 Å². The predicted molar refractivity (Wildman–Crippen MR) is 46.1 cm³/mol. The molecular weight excluding hydrogens is 160 g/mol. The molecule has 1 N–H and O–H groups in total. The monoisotopic (exact) mass is 168 g/mol. The molecule has 1 nitrogen and oxygen atoms in total. The fourth-order valence-electron chi connectivity index (χ4n) is 0.910. The third-order valence-electron chi connectivity index (χ3n) is 1.50. The molecule has 0 aliphatic heterocycles. The van der Waals surface area contributed by atoms with Crippen molar-refractivity contribution in [1.29, 1.82) is 0 Å². The first kappa shape index (κ1) is 8.44. The van der Waals surface area contributed by atoms with Gasteiger partial charge >= 0.3 is 0 Å². The minimum Gasteiger partial charge on any atom is -0.379 e. The summed E-state index contributed by atoms with van der Waals surface area (Å²) >= 11 is 5.71. The van der Waals surface area contributed by atoms with Crippen LogP contribution in [0.5, 0.6) is 0 Å². The van der Waals surface area contributed by atoms with Gasteiger partial charge in [0.1, 0.15) is 12.2 Å². The van der Waals surface area contributed by atoms with Gasteiger partial charge in [-0.3, -0.25) is 6.92 Å². The maximum absolute atomic E-state index is 8.87. The van der Waals surface area contributed by atoms with Crippen LogP contribution in [0.15, 0.2) is 18.2 Å². The minimum atomic E-state index is 0.00190. The van der Waals surface area contributed by atoms with Crippen molar-refractivity contribution in [2.24, 2.45) is 0 Å². The molecule has 1 rings (SSSR count). The van der Waals surface area contributed by atoms with Gasteiger partial charge in [-0.25, -0.2) is 0 Å². The van der Waals surface area contributed by atoms with Crippen LogP contribution in [0.4, 0.5) is 0 Å². The average Bonchev–Trinajstić information content (AvgIpc) is 2.04. The summed E-state index contributed by atoms with van der Waals surface area (Å²) in [4.78, 5) is 0. The smallest absolute Gasteiger partial charge is 0.114 e. The molecule has 0 aromatic heterocycles. The molecule has 0 amide bonds. The van der Waals surface area contributed by atoms with Gasteiger partial charge in [-0.05, 0) is 0 Å². The lowest BCUT2D eigenvalue weighted by Crippen LogP contribution is -1.90. The second-order valence-corrected chi connectivity index (χ2v) is 2.64. The molecule has 0 bridgehead atoms. The maximum atomic E-state index is 8.87. The highest BCUT2D eigenvalue weighted by atomic mass is 35.5. The Bertz CT molecular complexity index is 245. The fraction of sp³-hybridized carbons (Fsp3) is 0.111. The Labute approximate surface area is 71.6 Å². The highest BCUT2D eigenvalue weighted by Crippen LogP contribution is 2.16. The summed E-state index contributed by atoms with van der Waals surface area (Å²) in [7, 11) is 0. The van der Waals surface area contributed by atoms with E-state index in [9.17, 15) is 0 Å². The largest absolute Gasteiger partial charge is 0.379 e. The van der Waals surface area contributed by atoms with Gasteiger partial charge in [0.25, 0.3) is 0 Å². The molecule has 0 saturated carbocycles. The van der Waals surface area contributed by atoms with Gasteiger partial charge in [0, 0.05) is 18.2 Å². The number of aliphatic hydroxyl groups is 1. The molecular formula is C9H9ClO.